The van der Waals surface area contributed by atoms with Gasteiger partial charge in [-0.3, -0.25) is 0 Å². The lowest BCUT2D eigenvalue weighted by Crippen LogP contribution is -2.58. The zero-order valence-corrected chi connectivity index (χ0v) is 9.74. The molecule has 2 fully saturated rings. The van der Waals surface area contributed by atoms with Crippen LogP contribution in [0.2, 0.25) is 0 Å². The predicted molar refractivity (Wildman–Crippen MR) is 57.7 cm³/mol. The van der Waals surface area contributed by atoms with Crippen LogP contribution in [0.1, 0.15) is 39.5 Å². The summed E-state index contributed by atoms with van der Waals surface area (Å²) < 4.78 is 11.3. The lowest BCUT2D eigenvalue weighted by atomic mass is 9.60. The first-order chi connectivity index (χ1) is 7.23. The monoisotopic (exact) mass is 214 g/mol. The Labute approximate surface area is 91.8 Å². The SMILES string of the molecule is CCC1(CC)C(O)CC1OC1CCOC1. The number of rotatable bonds is 4. The molecule has 0 aromatic rings. The number of aliphatic hydroxyl groups excluding tert-OH is 1. The average Bonchev–Trinajstić information content (AvgIpc) is 2.72. The molecule has 0 bridgehead atoms. The lowest BCUT2D eigenvalue weighted by Gasteiger charge is -2.53. The van der Waals surface area contributed by atoms with Crippen LogP contribution in [0.25, 0.3) is 0 Å². The Balaban J connectivity index is 1.92. The van der Waals surface area contributed by atoms with Crippen molar-refractivity contribution < 1.29 is 14.6 Å². The topological polar surface area (TPSA) is 38.7 Å². The van der Waals surface area contributed by atoms with Gasteiger partial charge in [0.05, 0.1) is 24.9 Å². The van der Waals surface area contributed by atoms with Crippen molar-refractivity contribution in [3.63, 3.8) is 0 Å². The maximum Gasteiger partial charge on any atom is 0.0834 e. The summed E-state index contributed by atoms with van der Waals surface area (Å²) >= 11 is 0. The first-order valence-electron chi connectivity index (χ1n) is 6.14. The molecule has 1 saturated heterocycles. The number of aliphatic hydroxyl groups is 1. The molecule has 1 heterocycles. The molecule has 1 saturated carbocycles. The predicted octanol–water partition coefficient (Wildman–Crippen LogP) is 1.73. The third-order valence-corrected chi connectivity index (χ3v) is 4.30. The maximum absolute atomic E-state index is 9.89. The second-order valence-electron chi connectivity index (χ2n) is 4.80. The van der Waals surface area contributed by atoms with Crippen molar-refractivity contribution in [1.82, 2.24) is 0 Å². The van der Waals surface area contributed by atoms with Crippen LogP contribution < -0.4 is 0 Å². The summed E-state index contributed by atoms with van der Waals surface area (Å²) in [4.78, 5) is 0. The average molecular weight is 214 g/mol. The number of ether oxygens (including phenoxy) is 2. The molecule has 1 aliphatic heterocycles. The van der Waals surface area contributed by atoms with E-state index >= 15 is 0 Å². The normalized spacial score (nSPS) is 39.0. The second-order valence-corrected chi connectivity index (χ2v) is 4.80. The molecule has 3 atom stereocenters. The summed E-state index contributed by atoms with van der Waals surface area (Å²) in [7, 11) is 0. The first kappa shape index (κ1) is 11.4. The van der Waals surface area contributed by atoms with Gasteiger partial charge in [-0.05, 0) is 19.3 Å². The van der Waals surface area contributed by atoms with E-state index < -0.39 is 0 Å². The van der Waals surface area contributed by atoms with Crippen LogP contribution in [-0.2, 0) is 9.47 Å². The zero-order valence-electron chi connectivity index (χ0n) is 9.74. The van der Waals surface area contributed by atoms with Crippen molar-refractivity contribution in [3.8, 4) is 0 Å². The fraction of sp³-hybridized carbons (Fsp3) is 1.00. The van der Waals surface area contributed by atoms with Crippen molar-refractivity contribution in [2.45, 2.75) is 57.8 Å². The van der Waals surface area contributed by atoms with Crippen LogP contribution in [0, 0.1) is 5.41 Å². The van der Waals surface area contributed by atoms with Crippen LogP contribution in [0.4, 0.5) is 0 Å². The van der Waals surface area contributed by atoms with Crippen LogP contribution in [0.3, 0.4) is 0 Å². The van der Waals surface area contributed by atoms with Gasteiger partial charge in [-0.25, -0.2) is 0 Å². The van der Waals surface area contributed by atoms with Gasteiger partial charge in [0.25, 0.3) is 0 Å². The highest BCUT2D eigenvalue weighted by atomic mass is 16.6. The van der Waals surface area contributed by atoms with Crippen molar-refractivity contribution in [2.75, 3.05) is 13.2 Å². The van der Waals surface area contributed by atoms with E-state index in [1.54, 1.807) is 0 Å². The minimum Gasteiger partial charge on any atom is -0.392 e. The van der Waals surface area contributed by atoms with Gasteiger partial charge < -0.3 is 14.6 Å². The van der Waals surface area contributed by atoms with Crippen LogP contribution >= 0.6 is 0 Å². The largest absolute Gasteiger partial charge is 0.392 e. The molecule has 15 heavy (non-hydrogen) atoms. The molecule has 2 rings (SSSR count). The second kappa shape index (κ2) is 4.40. The third kappa shape index (κ3) is 1.81. The summed E-state index contributed by atoms with van der Waals surface area (Å²) in [5.41, 5.74) is 0.0165. The van der Waals surface area contributed by atoms with E-state index in [1.165, 1.54) is 0 Å². The standard InChI is InChI=1S/C12H22O3/c1-3-12(4-2)10(13)7-11(12)15-9-5-6-14-8-9/h9-11,13H,3-8H2,1-2H3. The molecule has 1 aliphatic carbocycles. The Morgan fingerprint density at radius 3 is 2.60 bits per heavy atom. The number of hydrogen-bond donors (Lipinski definition) is 1. The maximum atomic E-state index is 9.89. The fourth-order valence-electron chi connectivity index (χ4n) is 2.95. The molecule has 0 amide bonds. The van der Waals surface area contributed by atoms with Gasteiger partial charge in [0.15, 0.2) is 0 Å². The molecule has 88 valence electrons. The summed E-state index contributed by atoms with van der Waals surface area (Å²) in [5.74, 6) is 0. The summed E-state index contributed by atoms with van der Waals surface area (Å²) in [6.07, 6.45) is 4.16. The minimum atomic E-state index is -0.167. The van der Waals surface area contributed by atoms with Crippen LogP contribution in [0.15, 0.2) is 0 Å². The third-order valence-electron chi connectivity index (χ3n) is 4.30. The van der Waals surface area contributed by atoms with Gasteiger partial charge in [0.1, 0.15) is 0 Å². The minimum absolute atomic E-state index is 0.0165. The summed E-state index contributed by atoms with van der Waals surface area (Å²) in [6.45, 7) is 5.85. The van der Waals surface area contributed by atoms with E-state index in [-0.39, 0.29) is 23.7 Å². The van der Waals surface area contributed by atoms with Gasteiger partial charge in [0.2, 0.25) is 0 Å². The first-order valence-corrected chi connectivity index (χ1v) is 6.14. The van der Waals surface area contributed by atoms with E-state index in [4.69, 9.17) is 9.47 Å². The van der Waals surface area contributed by atoms with Crippen molar-refractivity contribution >= 4 is 0 Å². The molecule has 3 unspecified atom stereocenters. The molecule has 0 spiro atoms. The van der Waals surface area contributed by atoms with Gasteiger partial charge in [-0.15, -0.1) is 0 Å². The molecule has 0 radical (unpaired) electrons. The summed E-state index contributed by atoms with van der Waals surface area (Å²) in [5, 5.41) is 9.89. The van der Waals surface area contributed by atoms with Gasteiger partial charge in [-0.2, -0.15) is 0 Å². The highest BCUT2D eigenvalue weighted by Gasteiger charge is 2.53. The van der Waals surface area contributed by atoms with Crippen molar-refractivity contribution in [2.24, 2.45) is 5.41 Å². The fourth-order valence-corrected chi connectivity index (χ4v) is 2.95. The lowest BCUT2D eigenvalue weighted by molar-refractivity contribution is -0.212. The molecule has 3 nitrogen and oxygen atoms in total. The Kier molecular flexibility index (Phi) is 3.33. The van der Waals surface area contributed by atoms with Gasteiger partial charge in [-0.1, -0.05) is 13.8 Å². The highest BCUT2D eigenvalue weighted by molar-refractivity contribution is 5.03. The molecule has 2 aliphatic rings. The Morgan fingerprint density at radius 1 is 1.40 bits per heavy atom. The van der Waals surface area contributed by atoms with E-state index in [2.05, 4.69) is 13.8 Å². The molecular formula is C12H22O3. The van der Waals surface area contributed by atoms with E-state index in [0.717, 1.165) is 38.9 Å². The Hall–Kier alpha value is -0.120. The Bertz CT molecular complexity index is 207. The highest BCUT2D eigenvalue weighted by Crippen LogP contribution is 2.49. The van der Waals surface area contributed by atoms with Crippen LogP contribution in [0.5, 0.6) is 0 Å². The van der Waals surface area contributed by atoms with E-state index in [0.29, 0.717) is 0 Å². The Morgan fingerprint density at radius 2 is 2.13 bits per heavy atom. The zero-order chi connectivity index (χ0) is 10.9. The molecule has 0 aromatic carbocycles. The molecular weight excluding hydrogens is 192 g/mol. The van der Waals surface area contributed by atoms with E-state index in [9.17, 15) is 5.11 Å². The molecule has 1 N–H and O–H groups in total. The molecule has 3 heteroatoms. The van der Waals surface area contributed by atoms with Crippen molar-refractivity contribution in [3.05, 3.63) is 0 Å². The smallest absolute Gasteiger partial charge is 0.0834 e. The van der Waals surface area contributed by atoms with Crippen molar-refractivity contribution in [1.29, 1.82) is 0 Å². The quantitative estimate of drug-likeness (QED) is 0.774. The molecule has 0 aromatic heterocycles. The van der Waals surface area contributed by atoms with Gasteiger partial charge >= 0.3 is 0 Å². The van der Waals surface area contributed by atoms with E-state index in [1.807, 2.05) is 0 Å². The van der Waals surface area contributed by atoms with Gasteiger partial charge in [0, 0.05) is 18.4 Å². The van der Waals surface area contributed by atoms with Crippen LogP contribution in [-0.4, -0.2) is 36.6 Å². The summed E-state index contributed by atoms with van der Waals surface area (Å²) in [6, 6.07) is 0. The number of hydrogen-bond acceptors (Lipinski definition) is 3.